The van der Waals surface area contributed by atoms with Crippen LogP contribution in [0.3, 0.4) is 0 Å². The van der Waals surface area contributed by atoms with Crippen molar-refractivity contribution < 1.29 is 0 Å². The summed E-state index contributed by atoms with van der Waals surface area (Å²) >= 11 is 0. The lowest BCUT2D eigenvalue weighted by molar-refractivity contribution is 0.138. The van der Waals surface area contributed by atoms with Gasteiger partial charge in [-0.05, 0) is 39.8 Å². The van der Waals surface area contributed by atoms with Crippen LogP contribution in [0.2, 0.25) is 0 Å². The zero-order chi connectivity index (χ0) is 14.2. The largest absolute Gasteiger partial charge is 0.353 e. The standard InChI is InChI=1S/C16H26N4/c1-16(2)12-20(10-9-19(16)3)15-13(5-4-8-17-15)11-18-14-6-7-14/h4-5,8,14,18H,6-7,9-12H2,1-3H3. The number of anilines is 1. The minimum absolute atomic E-state index is 0.205. The molecule has 3 rings (SSSR count). The van der Waals surface area contributed by atoms with E-state index in [1.54, 1.807) is 0 Å². The molecule has 0 aromatic carbocycles. The molecule has 0 amide bonds. The van der Waals surface area contributed by atoms with Crippen molar-refractivity contribution in [1.29, 1.82) is 0 Å². The predicted octanol–water partition coefficient (Wildman–Crippen LogP) is 1.86. The SMILES string of the molecule is CN1CCN(c2ncccc2CNC2CC2)CC1(C)C. The lowest BCUT2D eigenvalue weighted by Crippen LogP contribution is -2.58. The molecule has 4 heteroatoms. The first-order chi connectivity index (χ1) is 9.56. The topological polar surface area (TPSA) is 31.4 Å². The minimum Gasteiger partial charge on any atom is -0.353 e. The van der Waals surface area contributed by atoms with Crippen LogP contribution in [0.15, 0.2) is 18.3 Å². The maximum atomic E-state index is 4.66. The van der Waals surface area contributed by atoms with Gasteiger partial charge in [-0.2, -0.15) is 0 Å². The van der Waals surface area contributed by atoms with Gasteiger partial charge in [-0.3, -0.25) is 4.90 Å². The Bertz CT molecular complexity index is 467. The molecular weight excluding hydrogens is 248 g/mol. The van der Waals surface area contributed by atoms with Crippen LogP contribution in [-0.2, 0) is 6.54 Å². The summed E-state index contributed by atoms with van der Waals surface area (Å²) in [5, 5.41) is 3.60. The summed E-state index contributed by atoms with van der Waals surface area (Å²) in [6.07, 6.45) is 4.58. The average Bonchev–Trinajstić information content (AvgIpc) is 3.24. The Morgan fingerprint density at radius 2 is 2.15 bits per heavy atom. The van der Waals surface area contributed by atoms with E-state index in [0.29, 0.717) is 0 Å². The fourth-order valence-electron chi connectivity index (χ4n) is 2.82. The Balaban J connectivity index is 1.75. The summed E-state index contributed by atoms with van der Waals surface area (Å²) < 4.78 is 0. The molecule has 1 saturated heterocycles. The third-order valence-electron chi connectivity index (χ3n) is 4.64. The van der Waals surface area contributed by atoms with Crippen molar-refractivity contribution in [3.63, 3.8) is 0 Å². The Hall–Kier alpha value is -1.13. The van der Waals surface area contributed by atoms with Crippen LogP contribution in [0.25, 0.3) is 0 Å². The zero-order valence-corrected chi connectivity index (χ0v) is 12.9. The molecule has 110 valence electrons. The van der Waals surface area contributed by atoms with E-state index in [1.807, 2.05) is 6.20 Å². The number of hydrogen-bond acceptors (Lipinski definition) is 4. The first kappa shape index (κ1) is 13.8. The van der Waals surface area contributed by atoms with E-state index in [-0.39, 0.29) is 5.54 Å². The number of nitrogens with zero attached hydrogens (tertiary/aromatic N) is 3. The number of nitrogens with one attached hydrogen (secondary N) is 1. The van der Waals surface area contributed by atoms with E-state index in [0.717, 1.165) is 32.2 Å². The van der Waals surface area contributed by atoms with Gasteiger partial charge in [-0.1, -0.05) is 6.07 Å². The van der Waals surface area contributed by atoms with Crippen molar-refractivity contribution in [3.05, 3.63) is 23.9 Å². The van der Waals surface area contributed by atoms with E-state index in [9.17, 15) is 0 Å². The summed E-state index contributed by atoms with van der Waals surface area (Å²) in [7, 11) is 2.21. The Morgan fingerprint density at radius 1 is 1.35 bits per heavy atom. The van der Waals surface area contributed by atoms with Crippen LogP contribution in [0, 0.1) is 0 Å². The summed E-state index contributed by atoms with van der Waals surface area (Å²) in [4.78, 5) is 9.55. The van der Waals surface area contributed by atoms with E-state index in [2.05, 4.69) is 53.1 Å². The molecule has 0 spiro atoms. The highest BCUT2D eigenvalue weighted by Crippen LogP contribution is 2.26. The molecule has 20 heavy (non-hydrogen) atoms. The van der Waals surface area contributed by atoms with Gasteiger partial charge in [0.15, 0.2) is 0 Å². The molecule has 1 aliphatic carbocycles. The highest BCUT2D eigenvalue weighted by Gasteiger charge is 2.32. The minimum atomic E-state index is 0.205. The highest BCUT2D eigenvalue weighted by molar-refractivity contribution is 5.47. The summed E-state index contributed by atoms with van der Waals surface area (Å²) in [5.41, 5.74) is 1.54. The molecular formula is C16H26N4. The van der Waals surface area contributed by atoms with Gasteiger partial charge in [0.25, 0.3) is 0 Å². The van der Waals surface area contributed by atoms with Gasteiger partial charge in [0.1, 0.15) is 5.82 Å². The highest BCUT2D eigenvalue weighted by atomic mass is 15.3. The molecule has 1 saturated carbocycles. The predicted molar refractivity (Wildman–Crippen MR) is 83.0 cm³/mol. The van der Waals surface area contributed by atoms with Crippen molar-refractivity contribution >= 4 is 5.82 Å². The van der Waals surface area contributed by atoms with Crippen LogP contribution in [0.5, 0.6) is 0 Å². The molecule has 1 N–H and O–H groups in total. The molecule has 2 aliphatic rings. The number of likely N-dealkylation sites (N-methyl/N-ethyl adjacent to an activating group) is 1. The van der Waals surface area contributed by atoms with E-state index >= 15 is 0 Å². The van der Waals surface area contributed by atoms with Crippen molar-refractivity contribution in [2.24, 2.45) is 0 Å². The summed E-state index contributed by atoms with van der Waals surface area (Å²) in [6.45, 7) is 8.76. The molecule has 1 aliphatic heterocycles. The first-order valence-corrected chi connectivity index (χ1v) is 7.70. The second-order valence-electron chi connectivity index (χ2n) is 6.80. The maximum Gasteiger partial charge on any atom is 0.133 e. The first-order valence-electron chi connectivity index (χ1n) is 7.70. The lowest BCUT2D eigenvalue weighted by Gasteiger charge is -2.46. The quantitative estimate of drug-likeness (QED) is 0.908. The number of piperazine rings is 1. The van der Waals surface area contributed by atoms with Gasteiger partial charge < -0.3 is 10.2 Å². The van der Waals surface area contributed by atoms with E-state index in [1.165, 1.54) is 24.2 Å². The van der Waals surface area contributed by atoms with Gasteiger partial charge in [-0.15, -0.1) is 0 Å². The molecule has 1 aromatic rings. The monoisotopic (exact) mass is 274 g/mol. The van der Waals surface area contributed by atoms with E-state index < -0.39 is 0 Å². The van der Waals surface area contributed by atoms with Gasteiger partial charge in [0.2, 0.25) is 0 Å². The summed E-state index contributed by atoms with van der Waals surface area (Å²) in [5.74, 6) is 1.17. The maximum absolute atomic E-state index is 4.66. The smallest absolute Gasteiger partial charge is 0.133 e. The van der Waals surface area contributed by atoms with Gasteiger partial charge in [-0.25, -0.2) is 4.98 Å². The second-order valence-corrected chi connectivity index (χ2v) is 6.80. The third-order valence-corrected chi connectivity index (χ3v) is 4.64. The van der Waals surface area contributed by atoms with Gasteiger partial charge in [0, 0.05) is 49.5 Å². The van der Waals surface area contributed by atoms with Crippen LogP contribution >= 0.6 is 0 Å². The Kier molecular flexibility index (Phi) is 3.69. The van der Waals surface area contributed by atoms with Gasteiger partial charge in [0.05, 0.1) is 0 Å². The molecule has 2 heterocycles. The average molecular weight is 274 g/mol. The molecule has 4 nitrogen and oxygen atoms in total. The molecule has 2 fully saturated rings. The van der Waals surface area contributed by atoms with Crippen LogP contribution < -0.4 is 10.2 Å². The van der Waals surface area contributed by atoms with Crippen LogP contribution in [0.1, 0.15) is 32.3 Å². The van der Waals surface area contributed by atoms with Crippen molar-refractivity contribution in [3.8, 4) is 0 Å². The Morgan fingerprint density at radius 3 is 2.85 bits per heavy atom. The summed E-state index contributed by atoms with van der Waals surface area (Å²) in [6, 6.07) is 5.00. The molecule has 0 atom stereocenters. The van der Waals surface area contributed by atoms with Crippen molar-refractivity contribution in [1.82, 2.24) is 15.2 Å². The van der Waals surface area contributed by atoms with Crippen LogP contribution in [-0.4, -0.2) is 48.1 Å². The second kappa shape index (κ2) is 5.34. The van der Waals surface area contributed by atoms with Crippen molar-refractivity contribution in [2.45, 2.75) is 44.8 Å². The van der Waals surface area contributed by atoms with Gasteiger partial charge >= 0.3 is 0 Å². The molecule has 0 unspecified atom stereocenters. The fourth-order valence-corrected chi connectivity index (χ4v) is 2.82. The third kappa shape index (κ3) is 2.96. The zero-order valence-electron chi connectivity index (χ0n) is 12.9. The normalized spacial score (nSPS) is 23.1. The number of hydrogen-bond donors (Lipinski definition) is 1. The molecule has 0 radical (unpaired) electrons. The lowest BCUT2D eigenvalue weighted by atomic mass is 9.99. The number of aromatic nitrogens is 1. The fraction of sp³-hybridized carbons (Fsp3) is 0.688. The van der Waals surface area contributed by atoms with Crippen molar-refractivity contribution in [2.75, 3.05) is 31.6 Å². The number of pyridine rings is 1. The van der Waals surface area contributed by atoms with Crippen LogP contribution in [0.4, 0.5) is 5.82 Å². The number of rotatable bonds is 4. The molecule has 1 aromatic heterocycles. The molecule has 0 bridgehead atoms. The van der Waals surface area contributed by atoms with E-state index in [4.69, 9.17) is 0 Å². The Labute approximate surface area is 122 Å².